The molecule has 1 fully saturated rings. The number of Topliss-reactive ketones (excluding diaryl/α,β-unsaturated/α-hetero) is 1. The number of carbonyl (C=O) groups is 1. The number of phenolic OH excluding ortho intramolecular Hbond substituents is 1. The predicted molar refractivity (Wildman–Crippen MR) is 222 cm³/mol. The molecule has 11 heteroatoms. The number of para-hydroxylation sites is 2. The van der Waals surface area contributed by atoms with Crippen molar-refractivity contribution in [2.24, 2.45) is 0 Å². The van der Waals surface area contributed by atoms with Crippen LogP contribution < -0.4 is 0 Å². The van der Waals surface area contributed by atoms with Crippen molar-refractivity contribution >= 4 is 62.4 Å². The van der Waals surface area contributed by atoms with Crippen molar-refractivity contribution in [3.8, 4) is 28.3 Å². The minimum absolute atomic E-state index is 0. The van der Waals surface area contributed by atoms with Crippen molar-refractivity contribution in [2.75, 3.05) is 0 Å². The van der Waals surface area contributed by atoms with Crippen LogP contribution in [0.25, 0.3) is 33.5 Å². The van der Waals surface area contributed by atoms with Crippen LogP contribution in [0.4, 0.5) is 0 Å². The van der Waals surface area contributed by atoms with Crippen molar-refractivity contribution in [1.82, 2.24) is 9.97 Å². The number of furan rings is 1. The number of phenols is 1. The summed E-state index contributed by atoms with van der Waals surface area (Å²) in [6.45, 7) is 13.2. The van der Waals surface area contributed by atoms with Crippen LogP contribution >= 0.6 is 37.2 Å². The number of hydrogen-bond acceptors (Lipinski definition) is 5. The van der Waals surface area contributed by atoms with E-state index in [4.69, 9.17) is 41.6 Å². The summed E-state index contributed by atoms with van der Waals surface area (Å²) < 4.78 is 6.26. The van der Waals surface area contributed by atoms with Gasteiger partial charge in [-0.1, -0.05) is 72.2 Å². The van der Waals surface area contributed by atoms with Gasteiger partial charge < -0.3 is 9.52 Å². The number of aryl methyl sites for hydroxylation is 2. The van der Waals surface area contributed by atoms with E-state index in [2.05, 4.69) is 81.8 Å². The summed E-state index contributed by atoms with van der Waals surface area (Å²) in [5.41, 5.74) is 8.86. The summed E-state index contributed by atoms with van der Waals surface area (Å²) in [7, 11) is 20.1. The van der Waals surface area contributed by atoms with Crippen LogP contribution in [0.1, 0.15) is 109 Å². The van der Waals surface area contributed by atoms with E-state index in [0.29, 0.717) is 5.78 Å². The predicted octanol–water partition coefficient (Wildman–Crippen LogP) is 13.3. The van der Waals surface area contributed by atoms with Crippen molar-refractivity contribution in [2.45, 2.75) is 110 Å². The molecule has 281 valence electrons. The number of aromatic hydroxyl groups is 1. The monoisotopic (exact) mass is 829 g/mol. The molecule has 0 unspecified atom stereocenters. The molecule has 3 radical (unpaired) electrons. The number of fused-ring (bicyclic) bond motifs is 3. The van der Waals surface area contributed by atoms with E-state index in [1.807, 2.05) is 36.5 Å². The Morgan fingerprint density at radius 1 is 0.660 bits per heavy atom. The number of rotatable bonds is 2. The number of halogens is 4. The first-order chi connectivity index (χ1) is 24.4. The van der Waals surface area contributed by atoms with Gasteiger partial charge in [-0.05, 0) is 96.5 Å². The van der Waals surface area contributed by atoms with E-state index in [1.54, 1.807) is 12.3 Å². The molecule has 53 heavy (non-hydrogen) atoms. The molecule has 3 aromatic heterocycles. The Balaban J connectivity index is 0.000000220. The Bertz CT molecular complexity index is 1930. The van der Waals surface area contributed by atoms with E-state index in [9.17, 15) is 9.90 Å². The van der Waals surface area contributed by atoms with Gasteiger partial charge in [-0.15, -0.1) is 0 Å². The fourth-order valence-corrected chi connectivity index (χ4v) is 6.21. The molecule has 0 spiro atoms. The van der Waals surface area contributed by atoms with Crippen LogP contribution in [0.15, 0.2) is 83.5 Å². The number of pyridine rings is 2. The molecule has 2 aliphatic carbocycles. The number of carbonyl (C=O) groups excluding carboxylic acids is 1. The molecule has 0 atom stereocenters. The van der Waals surface area contributed by atoms with Gasteiger partial charge in [-0.2, -0.15) is 0 Å². The van der Waals surface area contributed by atoms with Crippen molar-refractivity contribution in [3.63, 3.8) is 0 Å². The topological polar surface area (TPSA) is 76.2 Å². The second kappa shape index (κ2) is 20.0. The fraction of sp³-hybridized carbons (Fsp3) is 0.405. The molecule has 0 aliphatic heterocycles. The molecule has 0 bridgehead atoms. The molecule has 0 saturated heterocycles. The Labute approximate surface area is 336 Å². The van der Waals surface area contributed by atoms with E-state index < -0.39 is 12.3 Å². The summed E-state index contributed by atoms with van der Waals surface area (Å²) >= 11 is -3.11. The van der Waals surface area contributed by atoms with Crippen LogP contribution in [-0.4, -0.2) is 29.3 Å². The second-order valence-corrected chi connectivity index (χ2v) is 30.8. The molecule has 5 nitrogen and oxygen atoms in total. The van der Waals surface area contributed by atoms with Crippen molar-refractivity contribution in [1.29, 1.82) is 0 Å². The SMILES string of the molecule is CC(C)(C)c1ccnc(-c2cccc3c4c(oc23)CCCC4)c1.CC(C)(C)c1ccnc(-c2ccccc2O)c1.O=C1CCCCC1.[B].[Cl][Ti]([Cl])([Cl])[Cl]. The molecular weight excluding hydrogens is 781 g/mol. The molecule has 5 aromatic rings. The molecule has 2 aliphatic rings. The Morgan fingerprint density at radius 3 is 1.66 bits per heavy atom. The van der Waals surface area contributed by atoms with Crippen molar-refractivity contribution in [3.05, 3.63) is 102 Å². The molecule has 7 rings (SSSR count). The Kier molecular flexibility index (Phi) is 17.0. The average Bonchev–Trinajstić information content (AvgIpc) is 3.47. The average molecular weight is 831 g/mol. The third kappa shape index (κ3) is 14.0. The van der Waals surface area contributed by atoms with Gasteiger partial charge in [0.15, 0.2) is 0 Å². The quantitative estimate of drug-likeness (QED) is 0.179. The zero-order valence-electron chi connectivity index (χ0n) is 31.6. The van der Waals surface area contributed by atoms with Gasteiger partial charge in [0.2, 0.25) is 0 Å². The van der Waals surface area contributed by atoms with Crippen molar-refractivity contribution < 1.29 is 26.7 Å². The van der Waals surface area contributed by atoms with Crippen LogP contribution in [-0.2, 0) is 40.8 Å². The normalized spacial score (nSPS) is 14.3. The van der Waals surface area contributed by atoms with Crippen LogP contribution in [0.5, 0.6) is 5.75 Å². The molecule has 1 saturated carbocycles. The number of aromatic nitrogens is 2. The summed E-state index contributed by atoms with van der Waals surface area (Å²) in [5.74, 6) is 1.92. The fourth-order valence-electron chi connectivity index (χ4n) is 6.21. The van der Waals surface area contributed by atoms with E-state index >= 15 is 0 Å². The first kappa shape index (κ1) is 45.1. The van der Waals surface area contributed by atoms with Gasteiger partial charge in [0.25, 0.3) is 0 Å². The van der Waals surface area contributed by atoms with Gasteiger partial charge in [-0.25, -0.2) is 0 Å². The summed E-state index contributed by atoms with van der Waals surface area (Å²) in [6, 6.07) is 22.1. The van der Waals surface area contributed by atoms with Gasteiger partial charge in [-0.3, -0.25) is 14.8 Å². The van der Waals surface area contributed by atoms with Gasteiger partial charge in [0.1, 0.15) is 22.9 Å². The standard InChI is InChI=1S/C21H23NO.C15H17NO.C6H10O.B.4ClH.Ti/c1-21(2,3)14-11-12-22-18(13-14)17-9-6-8-16-15-7-4-5-10-19(15)23-20(16)17;1-15(2,3)11-8-9-16-13(10-11)12-6-4-5-7-14(12)17;7-6-4-2-1-3-5-6;;;;;;/h6,8-9,11-13H,4-5,7,10H2,1-3H3;4-10,17H,1-3H3;1-5H2;;4*1H;/q;;;;;;;;+4/p-4. The van der Waals surface area contributed by atoms with Crippen LogP contribution in [0, 0.1) is 0 Å². The maximum atomic E-state index is 10.5. The summed E-state index contributed by atoms with van der Waals surface area (Å²) in [6.07, 6.45) is 13.7. The zero-order valence-corrected chi connectivity index (χ0v) is 36.2. The van der Waals surface area contributed by atoms with Crippen LogP contribution in [0.3, 0.4) is 0 Å². The van der Waals surface area contributed by atoms with Gasteiger partial charge in [0, 0.05) is 62.1 Å². The van der Waals surface area contributed by atoms with E-state index in [0.717, 1.165) is 66.6 Å². The number of nitrogens with zero attached hydrogens (tertiary/aromatic N) is 2. The Morgan fingerprint density at radius 2 is 1.15 bits per heavy atom. The number of benzene rings is 2. The molecule has 0 amide bonds. The van der Waals surface area contributed by atoms with Gasteiger partial charge in [0.05, 0.1) is 11.4 Å². The third-order valence-electron chi connectivity index (χ3n) is 9.10. The second-order valence-electron chi connectivity index (χ2n) is 15.3. The van der Waals surface area contributed by atoms with E-state index in [-0.39, 0.29) is 25.0 Å². The molecular formula is C42H50BCl4N2O3Ti. The van der Waals surface area contributed by atoms with Gasteiger partial charge >= 0.3 is 49.6 Å². The molecule has 1 N–H and O–H groups in total. The first-order valence-electron chi connectivity index (χ1n) is 17.9. The Hall–Kier alpha value is -2.31. The zero-order chi connectivity index (χ0) is 38.1. The molecule has 3 heterocycles. The number of ketones is 1. The van der Waals surface area contributed by atoms with E-state index in [1.165, 1.54) is 47.1 Å². The number of hydrogen-bond donors (Lipinski definition) is 1. The van der Waals surface area contributed by atoms with Crippen LogP contribution in [0.2, 0.25) is 0 Å². The molecule has 2 aromatic carbocycles. The first-order valence-corrected chi connectivity index (χ1v) is 26.5. The summed E-state index contributed by atoms with van der Waals surface area (Å²) in [5, 5.41) is 11.1. The summed E-state index contributed by atoms with van der Waals surface area (Å²) in [4.78, 5) is 19.4. The maximum absolute atomic E-state index is 10.5. The minimum atomic E-state index is -3.11. The third-order valence-corrected chi connectivity index (χ3v) is 9.10.